The van der Waals surface area contributed by atoms with Crippen LogP contribution in [0, 0.1) is 11.3 Å². The number of carboxylic acid groups (broad SMARTS) is 1. The molecule has 0 radical (unpaired) electrons. The van der Waals surface area contributed by atoms with Crippen LogP contribution in [0.15, 0.2) is 22.7 Å². The molecule has 1 amide bonds. The zero-order valence-corrected chi connectivity index (χ0v) is 13.7. The molecule has 114 valence electrons. The highest BCUT2D eigenvalue weighted by molar-refractivity contribution is 9.10. The minimum atomic E-state index is -1.06. The van der Waals surface area contributed by atoms with E-state index in [1.54, 1.807) is 12.1 Å². The fourth-order valence-electron chi connectivity index (χ4n) is 2.71. The quantitative estimate of drug-likeness (QED) is 0.776. The van der Waals surface area contributed by atoms with E-state index in [4.69, 9.17) is 0 Å². The van der Waals surface area contributed by atoms with E-state index in [1.165, 1.54) is 6.07 Å². The normalized spacial score (nSPS) is 21.5. The van der Waals surface area contributed by atoms with Gasteiger partial charge in [0.25, 0.3) is 0 Å². The van der Waals surface area contributed by atoms with Crippen molar-refractivity contribution in [2.45, 2.75) is 20.3 Å². The van der Waals surface area contributed by atoms with Crippen LogP contribution in [-0.2, 0) is 4.79 Å². The number of nitrogens with one attached hydrogen (secondary N) is 2. The van der Waals surface area contributed by atoms with Gasteiger partial charge in [-0.15, -0.1) is 0 Å². The van der Waals surface area contributed by atoms with Crippen molar-refractivity contribution < 1.29 is 14.7 Å². The Labute approximate surface area is 132 Å². The molecular formula is C15H19BrN2O3. The van der Waals surface area contributed by atoms with Gasteiger partial charge in [-0.25, -0.2) is 4.79 Å². The number of hydrogen-bond donors (Lipinski definition) is 3. The Hall–Kier alpha value is -1.40. The van der Waals surface area contributed by atoms with Gasteiger partial charge in [0, 0.05) is 11.0 Å². The maximum absolute atomic E-state index is 12.7. The summed E-state index contributed by atoms with van der Waals surface area (Å²) in [5.41, 5.74) is -0.0618. The van der Waals surface area contributed by atoms with E-state index in [9.17, 15) is 14.7 Å². The molecule has 21 heavy (non-hydrogen) atoms. The van der Waals surface area contributed by atoms with Crippen LogP contribution in [0.25, 0.3) is 0 Å². The van der Waals surface area contributed by atoms with Crippen molar-refractivity contribution >= 4 is 33.5 Å². The lowest BCUT2D eigenvalue weighted by Crippen LogP contribution is -2.42. The van der Waals surface area contributed by atoms with E-state index in [0.717, 1.165) is 13.0 Å². The zero-order chi connectivity index (χ0) is 15.6. The lowest BCUT2D eigenvalue weighted by atomic mass is 9.75. The third-order valence-corrected chi connectivity index (χ3v) is 4.70. The summed E-state index contributed by atoms with van der Waals surface area (Å²) in [5, 5.41) is 15.3. The molecule has 6 heteroatoms. The number of rotatable bonds is 4. The molecule has 1 aromatic carbocycles. The van der Waals surface area contributed by atoms with Gasteiger partial charge in [-0.2, -0.15) is 0 Å². The van der Waals surface area contributed by atoms with E-state index in [0.29, 0.717) is 16.7 Å². The summed E-state index contributed by atoms with van der Waals surface area (Å²) in [4.78, 5) is 24.0. The summed E-state index contributed by atoms with van der Waals surface area (Å²) < 4.78 is 0.666. The van der Waals surface area contributed by atoms with E-state index >= 15 is 0 Å². The van der Waals surface area contributed by atoms with Crippen LogP contribution >= 0.6 is 15.9 Å². The largest absolute Gasteiger partial charge is 0.478 e. The SMILES string of the molecule is CC(C)C1(C(=O)Nc2ccc(Br)cc2C(=O)O)CCNC1. The number of carbonyl (C=O) groups excluding carboxylic acids is 1. The minimum absolute atomic E-state index is 0.0857. The number of anilines is 1. The van der Waals surface area contributed by atoms with E-state index < -0.39 is 11.4 Å². The molecule has 0 aliphatic carbocycles. The highest BCUT2D eigenvalue weighted by atomic mass is 79.9. The fourth-order valence-corrected chi connectivity index (χ4v) is 3.07. The van der Waals surface area contributed by atoms with E-state index in [2.05, 4.69) is 26.6 Å². The second-order valence-electron chi connectivity index (χ2n) is 5.69. The number of halogens is 1. The molecule has 5 nitrogen and oxygen atoms in total. The van der Waals surface area contributed by atoms with Gasteiger partial charge in [0.1, 0.15) is 0 Å². The first kappa shape index (κ1) is 16.0. The Bertz CT molecular complexity index is 566. The summed E-state index contributed by atoms with van der Waals surface area (Å²) in [6.07, 6.45) is 0.759. The molecule has 1 aliphatic rings. The molecule has 3 N–H and O–H groups in total. The van der Waals surface area contributed by atoms with Gasteiger partial charge < -0.3 is 15.7 Å². The van der Waals surface area contributed by atoms with Crippen LogP contribution in [-0.4, -0.2) is 30.1 Å². The predicted molar refractivity (Wildman–Crippen MR) is 84.5 cm³/mol. The first-order valence-electron chi connectivity index (χ1n) is 6.92. The number of benzene rings is 1. The average Bonchev–Trinajstić information content (AvgIpc) is 2.91. The highest BCUT2D eigenvalue weighted by Gasteiger charge is 2.44. The molecule has 1 saturated heterocycles. The van der Waals surface area contributed by atoms with Crippen molar-refractivity contribution in [3.8, 4) is 0 Å². The Kier molecular flexibility index (Phi) is 4.68. The first-order chi connectivity index (χ1) is 9.86. The molecule has 0 bridgehead atoms. The monoisotopic (exact) mass is 354 g/mol. The van der Waals surface area contributed by atoms with Gasteiger partial charge in [0.2, 0.25) is 5.91 Å². The van der Waals surface area contributed by atoms with Gasteiger partial charge in [-0.3, -0.25) is 4.79 Å². The maximum Gasteiger partial charge on any atom is 0.337 e. The van der Waals surface area contributed by atoms with Crippen LogP contribution in [0.1, 0.15) is 30.6 Å². The van der Waals surface area contributed by atoms with Gasteiger partial charge in [-0.05, 0) is 37.1 Å². The second-order valence-corrected chi connectivity index (χ2v) is 6.60. The van der Waals surface area contributed by atoms with Crippen LogP contribution < -0.4 is 10.6 Å². The average molecular weight is 355 g/mol. The lowest BCUT2D eigenvalue weighted by molar-refractivity contribution is -0.126. The van der Waals surface area contributed by atoms with Crippen LogP contribution in [0.5, 0.6) is 0 Å². The number of carboxylic acids is 1. The van der Waals surface area contributed by atoms with Crippen molar-refractivity contribution in [1.82, 2.24) is 5.32 Å². The molecule has 1 heterocycles. The third-order valence-electron chi connectivity index (χ3n) is 4.21. The molecule has 1 aliphatic heterocycles. The summed E-state index contributed by atoms with van der Waals surface area (Å²) in [5.74, 6) is -1.00. The Morgan fingerprint density at radius 2 is 2.14 bits per heavy atom. The Morgan fingerprint density at radius 1 is 1.43 bits per heavy atom. The maximum atomic E-state index is 12.7. The number of aromatic carboxylic acids is 1. The number of amides is 1. The number of carbonyl (C=O) groups is 2. The third kappa shape index (κ3) is 3.11. The minimum Gasteiger partial charge on any atom is -0.478 e. The summed E-state index contributed by atoms with van der Waals surface area (Å²) in [6, 6.07) is 4.83. The zero-order valence-electron chi connectivity index (χ0n) is 12.1. The van der Waals surface area contributed by atoms with Crippen molar-refractivity contribution in [2.24, 2.45) is 11.3 Å². The molecule has 1 aromatic rings. The Morgan fingerprint density at radius 3 is 2.67 bits per heavy atom. The van der Waals surface area contributed by atoms with Crippen LogP contribution in [0.3, 0.4) is 0 Å². The first-order valence-corrected chi connectivity index (χ1v) is 7.71. The van der Waals surface area contributed by atoms with Gasteiger partial charge in [-0.1, -0.05) is 29.8 Å². The molecule has 0 aromatic heterocycles. The molecule has 1 fully saturated rings. The van der Waals surface area contributed by atoms with Crippen molar-refractivity contribution in [2.75, 3.05) is 18.4 Å². The molecular weight excluding hydrogens is 336 g/mol. The molecule has 1 atom stereocenters. The van der Waals surface area contributed by atoms with E-state index in [-0.39, 0.29) is 17.4 Å². The standard InChI is InChI=1S/C15H19BrN2O3/c1-9(2)15(5-6-17-8-15)14(21)18-12-4-3-10(16)7-11(12)13(19)20/h3-4,7,9,17H,5-6,8H2,1-2H3,(H,18,21)(H,19,20). The predicted octanol–water partition coefficient (Wildman–Crippen LogP) is 2.72. The van der Waals surface area contributed by atoms with Gasteiger partial charge in [0.15, 0.2) is 0 Å². The highest BCUT2D eigenvalue weighted by Crippen LogP contribution is 2.36. The second kappa shape index (κ2) is 6.15. The van der Waals surface area contributed by atoms with Crippen LogP contribution in [0.2, 0.25) is 0 Å². The summed E-state index contributed by atoms with van der Waals surface area (Å²) >= 11 is 3.24. The van der Waals surface area contributed by atoms with Crippen LogP contribution in [0.4, 0.5) is 5.69 Å². The fraction of sp³-hybridized carbons (Fsp3) is 0.467. The Balaban J connectivity index is 2.29. The summed E-state index contributed by atoms with van der Waals surface area (Å²) in [6.45, 7) is 5.46. The lowest BCUT2D eigenvalue weighted by Gasteiger charge is -2.31. The molecule has 2 rings (SSSR count). The van der Waals surface area contributed by atoms with E-state index in [1.807, 2.05) is 13.8 Å². The van der Waals surface area contributed by atoms with Crippen molar-refractivity contribution in [1.29, 1.82) is 0 Å². The van der Waals surface area contributed by atoms with Gasteiger partial charge in [0.05, 0.1) is 16.7 Å². The molecule has 1 unspecified atom stereocenters. The topological polar surface area (TPSA) is 78.4 Å². The molecule has 0 saturated carbocycles. The number of hydrogen-bond acceptors (Lipinski definition) is 3. The molecule has 0 spiro atoms. The van der Waals surface area contributed by atoms with Crippen molar-refractivity contribution in [3.63, 3.8) is 0 Å². The smallest absolute Gasteiger partial charge is 0.337 e. The van der Waals surface area contributed by atoms with Gasteiger partial charge >= 0.3 is 5.97 Å². The summed E-state index contributed by atoms with van der Waals surface area (Å²) in [7, 11) is 0. The van der Waals surface area contributed by atoms with Crippen molar-refractivity contribution in [3.05, 3.63) is 28.2 Å².